The molecule has 3 nitrogen and oxygen atoms in total. The minimum absolute atomic E-state index is 0. The molecule has 0 atom stereocenters. The highest BCUT2D eigenvalue weighted by Crippen LogP contribution is 2.49. The lowest BCUT2D eigenvalue weighted by molar-refractivity contribution is -0.132. The number of benzene rings is 1. The zero-order chi connectivity index (χ0) is 16.9. The van der Waals surface area contributed by atoms with E-state index in [2.05, 4.69) is 15.6 Å². The molecule has 0 saturated heterocycles. The fourth-order valence-corrected chi connectivity index (χ4v) is 2.45. The number of aliphatic imine (C=N–C) groups is 1. The number of nitrogens with one attached hydrogen (secondary N) is 2. The van der Waals surface area contributed by atoms with Crippen molar-refractivity contribution in [3.8, 4) is 0 Å². The average Bonchev–Trinajstić information content (AvgIpc) is 3.25. The molecule has 2 rings (SSSR count). The van der Waals surface area contributed by atoms with Gasteiger partial charge in [-0.2, -0.15) is 13.2 Å². The van der Waals surface area contributed by atoms with Crippen LogP contribution in [0.2, 0.25) is 0 Å². The summed E-state index contributed by atoms with van der Waals surface area (Å²) in [5.74, 6) is 0.0783. The number of alkyl halides is 3. The van der Waals surface area contributed by atoms with E-state index in [1.54, 1.807) is 18.2 Å². The number of guanidine groups is 1. The number of hydrogen-bond acceptors (Lipinski definition) is 1. The largest absolute Gasteiger partial charge is 0.390 e. The molecular formula is C16H22F4IN3. The molecule has 1 fully saturated rings. The predicted molar refractivity (Wildman–Crippen MR) is 97.4 cm³/mol. The fourth-order valence-electron chi connectivity index (χ4n) is 2.45. The Hall–Kier alpha value is -1.06. The van der Waals surface area contributed by atoms with Gasteiger partial charge in [0.2, 0.25) is 0 Å². The molecule has 1 aliphatic carbocycles. The Kier molecular flexibility index (Phi) is 7.75. The Morgan fingerprint density at radius 3 is 2.42 bits per heavy atom. The van der Waals surface area contributed by atoms with Crippen LogP contribution in [0.5, 0.6) is 0 Å². The lowest BCUT2D eigenvalue weighted by Gasteiger charge is -2.17. The van der Waals surface area contributed by atoms with Crippen molar-refractivity contribution in [2.45, 2.75) is 37.8 Å². The first-order valence-corrected chi connectivity index (χ1v) is 7.70. The summed E-state index contributed by atoms with van der Waals surface area (Å²) in [6.45, 7) is 2.51. The number of halogens is 5. The molecule has 0 radical (unpaired) electrons. The average molecular weight is 459 g/mol. The zero-order valence-electron chi connectivity index (χ0n) is 13.4. The van der Waals surface area contributed by atoms with E-state index in [9.17, 15) is 17.6 Å². The quantitative estimate of drug-likeness (QED) is 0.292. The van der Waals surface area contributed by atoms with Crippen LogP contribution in [0.15, 0.2) is 29.3 Å². The van der Waals surface area contributed by atoms with Crippen LogP contribution in [0.4, 0.5) is 17.6 Å². The highest BCUT2D eigenvalue weighted by Gasteiger charge is 2.45. The molecule has 0 amide bonds. The smallest absolute Gasteiger partial charge is 0.357 e. The van der Waals surface area contributed by atoms with Crippen LogP contribution in [-0.2, 0) is 5.41 Å². The highest BCUT2D eigenvalue weighted by atomic mass is 127. The highest BCUT2D eigenvalue weighted by molar-refractivity contribution is 14.0. The number of nitrogens with zero attached hydrogens (tertiary/aromatic N) is 1. The molecule has 136 valence electrons. The first kappa shape index (κ1) is 21.0. The van der Waals surface area contributed by atoms with Crippen molar-refractivity contribution in [3.63, 3.8) is 0 Å². The van der Waals surface area contributed by atoms with Crippen molar-refractivity contribution >= 4 is 29.9 Å². The summed E-state index contributed by atoms with van der Waals surface area (Å²) in [5.41, 5.74) is 0.312. The van der Waals surface area contributed by atoms with E-state index in [4.69, 9.17) is 0 Å². The van der Waals surface area contributed by atoms with E-state index in [1.807, 2.05) is 6.92 Å². The Morgan fingerprint density at radius 2 is 1.88 bits per heavy atom. The summed E-state index contributed by atoms with van der Waals surface area (Å²) in [6.07, 6.45) is -3.45. The molecule has 1 aliphatic rings. The van der Waals surface area contributed by atoms with E-state index >= 15 is 0 Å². The van der Waals surface area contributed by atoms with Crippen molar-refractivity contribution in [3.05, 3.63) is 35.6 Å². The van der Waals surface area contributed by atoms with Gasteiger partial charge in [-0.15, -0.1) is 24.0 Å². The SMILES string of the molecule is CCNC(=NCC1(c2ccccc2F)CC1)NCCC(F)(F)F.I. The first-order chi connectivity index (χ1) is 10.9. The third-order valence-corrected chi connectivity index (χ3v) is 3.88. The third kappa shape index (κ3) is 6.10. The van der Waals surface area contributed by atoms with Crippen LogP contribution in [0, 0.1) is 5.82 Å². The minimum Gasteiger partial charge on any atom is -0.357 e. The monoisotopic (exact) mass is 459 g/mol. The lowest BCUT2D eigenvalue weighted by atomic mass is 9.95. The normalized spacial score (nSPS) is 16.3. The first-order valence-electron chi connectivity index (χ1n) is 7.70. The Morgan fingerprint density at radius 1 is 1.21 bits per heavy atom. The summed E-state index contributed by atoms with van der Waals surface area (Å²) in [7, 11) is 0. The fraction of sp³-hybridized carbons (Fsp3) is 0.562. The van der Waals surface area contributed by atoms with E-state index in [0.29, 0.717) is 24.6 Å². The van der Waals surface area contributed by atoms with Crippen LogP contribution >= 0.6 is 24.0 Å². The summed E-state index contributed by atoms with van der Waals surface area (Å²) in [4.78, 5) is 4.35. The van der Waals surface area contributed by atoms with Gasteiger partial charge in [-0.05, 0) is 31.4 Å². The molecule has 1 saturated carbocycles. The lowest BCUT2D eigenvalue weighted by Crippen LogP contribution is -2.39. The molecule has 0 spiro atoms. The van der Waals surface area contributed by atoms with Gasteiger partial charge < -0.3 is 10.6 Å². The maximum Gasteiger partial charge on any atom is 0.390 e. The maximum absolute atomic E-state index is 13.9. The standard InChI is InChI=1S/C16H21F4N3.HI/c1-2-21-14(22-10-9-16(18,19)20)23-11-15(7-8-15)12-5-3-4-6-13(12)17;/h3-6H,2,7-11H2,1H3,(H2,21,22,23);1H. The Balaban J connectivity index is 0.00000288. The molecule has 0 unspecified atom stereocenters. The molecule has 24 heavy (non-hydrogen) atoms. The van der Waals surface area contributed by atoms with Gasteiger partial charge in [0.05, 0.1) is 13.0 Å². The van der Waals surface area contributed by atoms with Gasteiger partial charge in [0.25, 0.3) is 0 Å². The Labute approximate surface area is 156 Å². The molecule has 0 aromatic heterocycles. The van der Waals surface area contributed by atoms with Crippen LogP contribution < -0.4 is 10.6 Å². The summed E-state index contributed by atoms with van der Waals surface area (Å²) >= 11 is 0. The second-order valence-electron chi connectivity index (χ2n) is 5.75. The topological polar surface area (TPSA) is 36.4 Å². The van der Waals surface area contributed by atoms with E-state index in [0.717, 1.165) is 12.8 Å². The number of rotatable bonds is 6. The van der Waals surface area contributed by atoms with Gasteiger partial charge in [0.1, 0.15) is 5.82 Å². The van der Waals surface area contributed by atoms with Crippen LogP contribution in [0.3, 0.4) is 0 Å². The molecule has 1 aromatic rings. The molecule has 2 N–H and O–H groups in total. The third-order valence-electron chi connectivity index (χ3n) is 3.88. The van der Waals surface area contributed by atoms with E-state index in [1.165, 1.54) is 6.07 Å². The molecule has 0 heterocycles. The van der Waals surface area contributed by atoms with E-state index < -0.39 is 12.6 Å². The van der Waals surface area contributed by atoms with Gasteiger partial charge in [-0.25, -0.2) is 4.39 Å². The molecule has 1 aromatic carbocycles. The van der Waals surface area contributed by atoms with Crippen LogP contribution in [0.1, 0.15) is 31.7 Å². The minimum atomic E-state index is -4.20. The van der Waals surface area contributed by atoms with Crippen LogP contribution in [-0.4, -0.2) is 31.8 Å². The molecule has 8 heteroatoms. The second-order valence-corrected chi connectivity index (χ2v) is 5.75. The maximum atomic E-state index is 13.9. The summed E-state index contributed by atoms with van der Waals surface area (Å²) < 4.78 is 50.5. The van der Waals surface area contributed by atoms with Gasteiger partial charge in [-0.1, -0.05) is 18.2 Å². The van der Waals surface area contributed by atoms with Crippen LogP contribution in [0.25, 0.3) is 0 Å². The molecular weight excluding hydrogens is 437 g/mol. The van der Waals surface area contributed by atoms with E-state index in [-0.39, 0.29) is 41.8 Å². The molecule has 0 aliphatic heterocycles. The second kappa shape index (κ2) is 8.87. The Bertz CT molecular complexity index is 556. The predicted octanol–water partition coefficient (Wildman–Crippen LogP) is 3.98. The van der Waals surface area contributed by atoms with Gasteiger partial charge in [-0.3, -0.25) is 4.99 Å². The van der Waals surface area contributed by atoms with Crippen molar-refractivity contribution in [2.24, 2.45) is 4.99 Å². The molecule has 0 bridgehead atoms. The summed E-state index contributed by atoms with van der Waals surface area (Å²) in [5, 5.41) is 5.58. The van der Waals surface area contributed by atoms with Crippen molar-refractivity contribution in [1.82, 2.24) is 10.6 Å². The van der Waals surface area contributed by atoms with Gasteiger partial charge in [0.15, 0.2) is 5.96 Å². The summed E-state index contributed by atoms with van der Waals surface area (Å²) in [6, 6.07) is 6.60. The number of hydrogen-bond donors (Lipinski definition) is 2. The van der Waals surface area contributed by atoms with Crippen molar-refractivity contribution < 1.29 is 17.6 Å². The zero-order valence-corrected chi connectivity index (χ0v) is 15.7. The van der Waals surface area contributed by atoms with Gasteiger partial charge >= 0.3 is 6.18 Å². The van der Waals surface area contributed by atoms with Crippen molar-refractivity contribution in [2.75, 3.05) is 19.6 Å². The van der Waals surface area contributed by atoms with Crippen molar-refractivity contribution in [1.29, 1.82) is 0 Å². The van der Waals surface area contributed by atoms with Gasteiger partial charge in [0, 0.05) is 18.5 Å².